The molecule has 8 heteroatoms. The molecule has 0 aliphatic rings. The normalized spacial score (nSPS) is 11.7. The Labute approximate surface area is 111 Å². The predicted octanol–water partition coefficient (Wildman–Crippen LogP) is 1.14. The molecular weight excluding hydrogens is 281 g/mol. The molecule has 1 amide bonds. The number of amides is 1. The van der Waals surface area contributed by atoms with Gasteiger partial charge >= 0.3 is 11.9 Å². The van der Waals surface area contributed by atoms with Crippen molar-refractivity contribution in [2.75, 3.05) is 0 Å². The van der Waals surface area contributed by atoms with Crippen molar-refractivity contribution in [1.29, 1.82) is 0 Å². The SMILES string of the molecule is O=C(O)C[C@@H](NC(=O)c1ccc(Cl)c(F)c1)C(=O)O. The highest BCUT2D eigenvalue weighted by molar-refractivity contribution is 6.30. The van der Waals surface area contributed by atoms with Gasteiger partial charge in [-0.05, 0) is 18.2 Å². The molecule has 0 fully saturated rings. The first kappa shape index (κ1) is 14.9. The zero-order valence-corrected chi connectivity index (χ0v) is 10.1. The zero-order chi connectivity index (χ0) is 14.6. The van der Waals surface area contributed by atoms with Gasteiger partial charge in [0.05, 0.1) is 11.4 Å². The van der Waals surface area contributed by atoms with Crippen LogP contribution in [0.5, 0.6) is 0 Å². The number of carboxylic acids is 2. The minimum Gasteiger partial charge on any atom is -0.481 e. The second kappa shape index (κ2) is 6.14. The molecule has 3 N–H and O–H groups in total. The maximum absolute atomic E-state index is 13.1. The molecule has 0 heterocycles. The van der Waals surface area contributed by atoms with E-state index in [1.165, 1.54) is 6.07 Å². The summed E-state index contributed by atoms with van der Waals surface area (Å²) in [6.45, 7) is 0. The Bertz CT molecular complexity index is 534. The van der Waals surface area contributed by atoms with Crippen molar-refractivity contribution in [2.24, 2.45) is 0 Å². The third kappa shape index (κ3) is 4.22. The molecule has 1 aromatic rings. The van der Waals surface area contributed by atoms with Crippen LogP contribution in [0.25, 0.3) is 0 Å². The van der Waals surface area contributed by atoms with Crippen LogP contribution in [0.2, 0.25) is 5.02 Å². The van der Waals surface area contributed by atoms with Gasteiger partial charge in [-0.25, -0.2) is 9.18 Å². The zero-order valence-electron chi connectivity index (χ0n) is 9.39. The summed E-state index contributed by atoms with van der Waals surface area (Å²) in [5.41, 5.74) is -0.154. The average molecular weight is 290 g/mol. The maximum atomic E-state index is 13.1. The summed E-state index contributed by atoms with van der Waals surface area (Å²) in [7, 11) is 0. The van der Waals surface area contributed by atoms with Gasteiger partial charge < -0.3 is 15.5 Å². The van der Waals surface area contributed by atoms with E-state index in [0.717, 1.165) is 12.1 Å². The van der Waals surface area contributed by atoms with Gasteiger partial charge in [-0.15, -0.1) is 0 Å². The van der Waals surface area contributed by atoms with Gasteiger partial charge in [0.1, 0.15) is 11.9 Å². The number of halogens is 2. The van der Waals surface area contributed by atoms with E-state index in [-0.39, 0.29) is 10.6 Å². The van der Waals surface area contributed by atoms with Crippen LogP contribution in [0, 0.1) is 5.82 Å². The number of carbonyl (C=O) groups is 3. The van der Waals surface area contributed by atoms with Gasteiger partial charge in [-0.3, -0.25) is 9.59 Å². The molecule has 0 saturated carbocycles. The maximum Gasteiger partial charge on any atom is 0.326 e. The molecule has 0 aliphatic heterocycles. The van der Waals surface area contributed by atoms with Crippen LogP contribution in [-0.4, -0.2) is 34.1 Å². The molecule has 0 aliphatic carbocycles. The molecule has 6 nitrogen and oxygen atoms in total. The third-order valence-corrected chi connectivity index (χ3v) is 2.47. The van der Waals surface area contributed by atoms with Gasteiger partial charge in [0.2, 0.25) is 0 Å². The van der Waals surface area contributed by atoms with Crippen LogP contribution < -0.4 is 5.32 Å². The van der Waals surface area contributed by atoms with Gasteiger partial charge in [0.25, 0.3) is 5.91 Å². The molecule has 0 saturated heterocycles. The van der Waals surface area contributed by atoms with Crippen molar-refractivity contribution in [1.82, 2.24) is 5.32 Å². The predicted molar refractivity (Wildman–Crippen MR) is 62.6 cm³/mol. The Balaban J connectivity index is 2.84. The first-order valence-corrected chi connectivity index (χ1v) is 5.39. The average Bonchev–Trinajstić information content (AvgIpc) is 2.31. The Morgan fingerprint density at radius 3 is 2.42 bits per heavy atom. The molecule has 0 aromatic heterocycles. The van der Waals surface area contributed by atoms with Gasteiger partial charge in [0, 0.05) is 5.56 Å². The lowest BCUT2D eigenvalue weighted by Crippen LogP contribution is -2.42. The Hall–Kier alpha value is -2.15. The number of aliphatic carboxylic acids is 2. The summed E-state index contributed by atoms with van der Waals surface area (Å²) < 4.78 is 13.1. The molecule has 19 heavy (non-hydrogen) atoms. The fraction of sp³-hybridized carbons (Fsp3) is 0.182. The van der Waals surface area contributed by atoms with Gasteiger partial charge in [-0.2, -0.15) is 0 Å². The molecule has 1 atom stereocenters. The number of nitrogens with one attached hydrogen (secondary N) is 1. The highest BCUT2D eigenvalue weighted by Gasteiger charge is 2.23. The summed E-state index contributed by atoms with van der Waals surface area (Å²) in [4.78, 5) is 32.8. The summed E-state index contributed by atoms with van der Waals surface area (Å²) in [5.74, 6) is -4.61. The smallest absolute Gasteiger partial charge is 0.326 e. The number of carboxylic acid groups (broad SMARTS) is 2. The van der Waals surface area contributed by atoms with E-state index in [2.05, 4.69) is 0 Å². The van der Waals surface area contributed by atoms with Crippen LogP contribution in [0.4, 0.5) is 4.39 Å². The lowest BCUT2D eigenvalue weighted by Gasteiger charge is -2.12. The van der Waals surface area contributed by atoms with Crippen LogP contribution in [0.15, 0.2) is 18.2 Å². The van der Waals surface area contributed by atoms with E-state index in [4.69, 9.17) is 21.8 Å². The summed E-state index contributed by atoms with van der Waals surface area (Å²) >= 11 is 5.43. The molecule has 102 valence electrons. The second-order valence-electron chi connectivity index (χ2n) is 3.59. The molecular formula is C11H9ClFNO5. The molecule has 1 aromatic carbocycles. The largest absolute Gasteiger partial charge is 0.481 e. The molecule has 0 bridgehead atoms. The monoisotopic (exact) mass is 289 g/mol. The summed E-state index contributed by atoms with van der Waals surface area (Å²) in [5, 5.41) is 19.0. The molecule has 0 spiro atoms. The van der Waals surface area contributed by atoms with E-state index >= 15 is 0 Å². The minimum absolute atomic E-state index is 0.154. The Kier molecular flexibility index (Phi) is 4.82. The Morgan fingerprint density at radius 1 is 1.32 bits per heavy atom. The minimum atomic E-state index is -1.59. The number of hydrogen-bond acceptors (Lipinski definition) is 3. The van der Waals surface area contributed by atoms with E-state index in [0.29, 0.717) is 0 Å². The van der Waals surface area contributed by atoms with Crippen molar-refractivity contribution in [2.45, 2.75) is 12.5 Å². The number of rotatable bonds is 5. The van der Waals surface area contributed by atoms with Crippen LogP contribution >= 0.6 is 11.6 Å². The van der Waals surface area contributed by atoms with E-state index in [1.54, 1.807) is 0 Å². The fourth-order valence-electron chi connectivity index (χ4n) is 1.25. The lowest BCUT2D eigenvalue weighted by molar-refractivity contribution is -0.145. The van der Waals surface area contributed by atoms with Crippen molar-refractivity contribution in [3.05, 3.63) is 34.6 Å². The van der Waals surface area contributed by atoms with Crippen LogP contribution in [-0.2, 0) is 9.59 Å². The first-order chi connectivity index (χ1) is 8.81. The molecule has 1 rings (SSSR count). The van der Waals surface area contributed by atoms with Gasteiger partial charge in [0.15, 0.2) is 0 Å². The van der Waals surface area contributed by atoms with Crippen molar-refractivity contribution in [3.63, 3.8) is 0 Å². The topological polar surface area (TPSA) is 104 Å². The fourth-order valence-corrected chi connectivity index (χ4v) is 1.37. The third-order valence-electron chi connectivity index (χ3n) is 2.16. The highest BCUT2D eigenvalue weighted by Crippen LogP contribution is 2.15. The second-order valence-corrected chi connectivity index (χ2v) is 4.00. The molecule has 0 unspecified atom stereocenters. The van der Waals surface area contributed by atoms with Crippen molar-refractivity contribution < 1.29 is 29.0 Å². The van der Waals surface area contributed by atoms with E-state index in [1.807, 2.05) is 5.32 Å². The standard InChI is InChI=1S/C11H9ClFNO5/c12-6-2-1-5(3-7(6)13)10(17)14-8(11(18)19)4-9(15)16/h1-3,8H,4H2,(H,14,17)(H,15,16)(H,18,19)/t8-/m1/s1. The van der Waals surface area contributed by atoms with Crippen molar-refractivity contribution in [3.8, 4) is 0 Å². The number of hydrogen-bond donors (Lipinski definition) is 3. The number of benzene rings is 1. The van der Waals surface area contributed by atoms with Crippen molar-refractivity contribution >= 4 is 29.4 Å². The molecule has 0 radical (unpaired) electrons. The summed E-state index contributed by atoms with van der Waals surface area (Å²) in [6, 6.07) is 1.57. The van der Waals surface area contributed by atoms with E-state index in [9.17, 15) is 18.8 Å². The number of carbonyl (C=O) groups excluding carboxylic acids is 1. The Morgan fingerprint density at radius 2 is 1.95 bits per heavy atom. The van der Waals surface area contributed by atoms with E-state index < -0.39 is 36.1 Å². The quantitative estimate of drug-likeness (QED) is 0.754. The van der Waals surface area contributed by atoms with Crippen LogP contribution in [0.3, 0.4) is 0 Å². The van der Waals surface area contributed by atoms with Gasteiger partial charge in [-0.1, -0.05) is 11.6 Å². The summed E-state index contributed by atoms with van der Waals surface area (Å²) in [6.07, 6.45) is -0.781. The highest BCUT2D eigenvalue weighted by atomic mass is 35.5. The van der Waals surface area contributed by atoms with Crippen LogP contribution in [0.1, 0.15) is 16.8 Å². The lowest BCUT2D eigenvalue weighted by atomic mass is 10.1. The first-order valence-electron chi connectivity index (χ1n) is 5.01.